The summed E-state index contributed by atoms with van der Waals surface area (Å²) in [7, 11) is -0.327. The number of guanidine groups is 1. The van der Waals surface area contributed by atoms with Crippen LogP contribution in [-0.2, 0) is 23.0 Å². The molecule has 1 aliphatic heterocycles. The Morgan fingerprint density at radius 3 is 2.61 bits per heavy atom. The van der Waals surface area contributed by atoms with E-state index in [4.69, 9.17) is 9.47 Å². The van der Waals surface area contributed by atoms with Crippen LogP contribution >= 0.6 is 0 Å². The monoisotopic (exact) mass is 447 g/mol. The van der Waals surface area contributed by atoms with Crippen molar-refractivity contribution in [2.45, 2.75) is 24.8 Å². The Balaban J connectivity index is 1.66. The summed E-state index contributed by atoms with van der Waals surface area (Å²) in [6, 6.07) is 7.14. The molecule has 31 heavy (non-hydrogen) atoms. The Morgan fingerprint density at radius 1 is 1.23 bits per heavy atom. The number of aliphatic imine (C=N–C) groups is 1. The van der Waals surface area contributed by atoms with E-state index < -0.39 is 10.0 Å². The Labute approximate surface area is 183 Å². The SMILES string of the molecule is CCNC(=NCCNS(=O)(=O)c1cccnc1)N1CCc2cc(OC)c(OC)cc2C1. The fraction of sp³-hybridized carbons (Fsp3) is 0.429. The Kier molecular flexibility index (Phi) is 7.69. The van der Waals surface area contributed by atoms with E-state index >= 15 is 0 Å². The molecule has 1 aromatic heterocycles. The number of ether oxygens (including phenoxy) is 2. The predicted molar refractivity (Wildman–Crippen MR) is 119 cm³/mol. The zero-order chi connectivity index (χ0) is 22.3. The molecule has 0 atom stereocenters. The van der Waals surface area contributed by atoms with Gasteiger partial charge in [0.25, 0.3) is 0 Å². The first-order valence-corrected chi connectivity index (χ1v) is 11.6. The van der Waals surface area contributed by atoms with Gasteiger partial charge in [0, 0.05) is 38.6 Å². The molecule has 0 saturated carbocycles. The highest BCUT2D eigenvalue weighted by Gasteiger charge is 2.21. The van der Waals surface area contributed by atoms with Gasteiger partial charge in [-0.05, 0) is 48.7 Å². The van der Waals surface area contributed by atoms with Gasteiger partial charge in [-0.1, -0.05) is 0 Å². The van der Waals surface area contributed by atoms with Crippen molar-refractivity contribution >= 4 is 16.0 Å². The van der Waals surface area contributed by atoms with Gasteiger partial charge in [-0.2, -0.15) is 0 Å². The largest absolute Gasteiger partial charge is 0.493 e. The second-order valence-electron chi connectivity index (χ2n) is 6.97. The second kappa shape index (κ2) is 10.5. The first-order chi connectivity index (χ1) is 15.0. The van der Waals surface area contributed by atoms with E-state index in [9.17, 15) is 8.42 Å². The quantitative estimate of drug-likeness (QED) is 0.358. The molecule has 1 aliphatic rings. The number of nitrogens with zero attached hydrogens (tertiary/aromatic N) is 3. The third-order valence-corrected chi connectivity index (χ3v) is 6.41. The molecule has 0 aliphatic carbocycles. The number of fused-ring (bicyclic) bond motifs is 1. The molecule has 9 nitrogen and oxygen atoms in total. The van der Waals surface area contributed by atoms with Crippen molar-refractivity contribution in [2.24, 2.45) is 4.99 Å². The van der Waals surface area contributed by atoms with E-state index in [2.05, 4.69) is 24.9 Å². The minimum absolute atomic E-state index is 0.142. The fourth-order valence-electron chi connectivity index (χ4n) is 3.42. The summed E-state index contributed by atoms with van der Waals surface area (Å²) in [6.07, 6.45) is 3.71. The lowest BCUT2D eigenvalue weighted by atomic mass is 9.99. The van der Waals surface area contributed by atoms with Gasteiger partial charge in [-0.25, -0.2) is 13.1 Å². The number of rotatable bonds is 8. The maximum absolute atomic E-state index is 12.3. The maximum Gasteiger partial charge on any atom is 0.242 e. The summed E-state index contributed by atoms with van der Waals surface area (Å²) in [5.74, 6) is 2.19. The number of sulfonamides is 1. The van der Waals surface area contributed by atoms with Crippen molar-refractivity contribution in [1.82, 2.24) is 19.9 Å². The van der Waals surface area contributed by atoms with Gasteiger partial charge in [0.15, 0.2) is 17.5 Å². The van der Waals surface area contributed by atoms with Crippen LogP contribution in [-0.4, -0.2) is 64.7 Å². The highest BCUT2D eigenvalue weighted by atomic mass is 32.2. The molecule has 2 N–H and O–H groups in total. The minimum Gasteiger partial charge on any atom is -0.493 e. The van der Waals surface area contributed by atoms with Crippen LogP contribution in [0.5, 0.6) is 11.5 Å². The van der Waals surface area contributed by atoms with E-state index in [0.29, 0.717) is 18.8 Å². The van der Waals surface area contributed by atoms with Crippen LogP contribution in [0.4, 0.5) is 0 Å². The molecule has 0 radical (unpaired) electrons. The Bertz CT molecular complexity index is 1010. The van der Waals surface area contributed by atoms with Gasteiger partial charge < -0.3 is 19.7 Å². The number of hydrogen-bond acceptors (Lipinski definition) is 6. The molecule has 3 rings (SSSR count). The zero-order valence-electron chi connectivity index (χ0n) is 18.1. The van der Waals surface area contributed by atoms with E-state index in [1.54, 1.807) is 20.3 Å². The lowest BCUT2D eigenvalue weighted by Crippen LogP contribution is -2.44. The molecule has 2 heterocycles. The van der Waals surface area contributed by atoms with Crippen LogP contribution in [0.3, 0.4) is 0 Å². The summed E-state index contributed by atoms with van der Waals surface area (Å²) in [4.78, 5) is 10.8. The smallest absolute Gasteiger partial charge is 0.242 e. The molecule has 0 saturated heterocycles. The van der Waals surface area contributed by atoms with Crippen LogP contribution in [0.2, 0.25) is 0 Å². The highest BCUT2D eigenvalue weighted by molar-refractivity contribution is 7.89. The van der Waals surface area contributed by atoms with Crippen molar-refractivity contribution in [2.75, 3.05) is 40.4 Å². The number of aromatic nitrogens is 1. The van der Waals surface area contributed by atoms with Crippen molar-refractivity contribution in [3.8, 4) is 11.5 Å². The van der Waals surface area contributed by atoms with Gasteiger partial charge in [-0.15, -0.1) is 0 Å². The van der Waals surface area contributed by atoms with Crippen molar-refractivity contribution < 1.29 is 17.9 Å². The molecular formula is C21H29N5O4S. The molecule has 0 spiro atoms. The first kappa shape index (κ1) is 22.8. The number of benzene rings is 1. The summed E-state index contributed by atoms with van der Waals surface area (Å²) in [6.45, 7) is 4.72. The third-order valence-electron chi connectivity index (χ3n) is 4.96. The number of hydrogen-bond donors (Lipinski definition) is 2. The van der Waals surface area contributed by atoms with Crippen molar-refractivity contribution in [3.63, 3.8) is 0 Å². The van der Waals surface area contributed by atoms with Gasteiger partial charge in [0.05, 0.1) is 20.8 Å². The minimum atomic E-state index is -3.59. The molecule has 0 fully saturated rings. The Hall–Kier alpha value is -2.85. The van der Waals surface area contributed by atoms with Crippen LogP contribution in [0.25, 0.3) is 0 Å². The average Bonchev–Trinajstić information content (AvgIpc) is 2.80. The number of nitrogens with one attached hydrogen (secondary N) is 2. The van der Waals surface area contributed by atoms with E-state index in [-0.39, 0.29) is 11.4 Å². The van der Waals surface area contributed by atoms with E-state index in [1.165, 1.54) is 24.0 Å². The van der Waals surface area contributed by atoms with Crippen molar-refractivity contribution in [3.05, 3.63) is 47.8 Å². The highest BCUT2D eigenvalue weighted by Crippen LogP contribution is 2.33. The van der Waals surface area contributed by atoms with Crippen molar-refractivity contribution in [1.29, 1.82) is 0 Å². The lowest BCUT2D eigenvalue weighted by Gasteiger charge is -2.32. The predicted octanol–water partition coefficient (Wildman–Crippen LogP) is 1.40. The van der Waals surface area contributed by atoms with E-state index in [0.717, 1.165) is 36.8 Å². The fourth-order valence-corrected chi connectivity index (χ4v) is 4.41. The first-order valence-electron chi connectivity index (χ1n) is 10.1. The molecule has 0 unspecified atom stereocenters. The van der Waals surface area contributed by atoms with Crippen LogP contribution in [0.1, 0.15) is 18.1 Å². The molecule has 0 amide bonds. The standard InChI is InChI=1S/C21H29N5O4S/c1-4-23-21(24-9-10-25-31(27,28)18-6-5-8-22-14-18)26-11-7-16-12-19(29-2)20(30-3)13-17(16)15-26/h5-6,8,12-14,25H,4,7,9-11,15H2,1-3H3,(H,23,24). The number of methoxy groups -OCH3 is 2. The Morgan fingerprint density at radius 2 is 1.97 bits per heavy atom. The zero-order valence-corrected chi connectivity index (χ0v) is 18.9. The van der Waals surface area contributed by atoms with Gasteiger partial charge in [0.1, 0.15) is 4.90 Å². The average molecular weight is 448 g/mol. The summed E-state index contributed by atoms with van der Waals surface area (Å²) in [5.41, 5.74) is 2.39. The third kappa shape index (κ3) is 5.65. The van der Waals surface area contributed by atoms with E-state index in [1.807, 2.05) is 19.1 Å². The number of pyridine rings is 1. The van der Waals surface area contributed by atoms with Gasteiger partial charge >= 0.3 is 0 Å². The summed E-state index contributed by atoms with van der Waals surface area (Å²) in [5, 5.41) is 3.30. The normalized spacial score (nSPS) is 14.2. The molecule has 1 aromatic carbocycles. The molecule has 10 heteroatoms. The second-order valence-corrected chi connectivity index (χ2v) is 8.74. The maximum atomic E-state index is 12.3. The molecule has 0 bridgehead atoms. The molecule has 2 aromatic rings. The van der Waals surface area contributed by atoms with Gasteiger partial charge in [-0.3, -0.25) is 9.98 Å². The molecular weight excluding hydrogens is 418 g/mol. The van der Waals surface area contributed by atoms with Gasteiger partial charge in [0.2, 0.25) is 10.0 Å². The molecule has 168 valence electrons. The summed E-state index contributed by atoms with van der Waals surface area (Å²) >= 11 is 0. The topological polar surface area (TPSA) is 105 Å². The lowest BCUT2D eigenvalue weighted by molar-refractivity contribution is 0.346. The van der Waals surface area contributed by atoms with Crippen LogP contribution in [0, 0.1) is 0 Å². The van der Waals surface area contributed by atoms with Crippen LogP contribution < -0.4 is 19.5 Å². The summed E-state index contributed by atoms with van der Waals surface area (Å²) < 4.78 is 38.0. The van der Waals surface area contributed by atoms with Crippen LogP contribution in [0.15, 0.2) is 46.5 Å².